The van der Waals surface area contributed by atoms with Gasteiger partial charge in [0, 0.05) is 33.6 Å². The van der Waals surface area contributed by atoms with E-state index < -0.39 is 0 Å². The van der Waals surface area contributed by atoms with Gasteiger partial charge in [0.25, 0.3) is 0 Å². The second kappa shape index (κ2) is 10.3. The van der Waals surface area contributed by atoms with Crippen molar-refractivity contribution >= 4 is 33.7 Å². The summed E-state index contributed by atoms with van der Waals surface area (Å²) in [6.45, 7) is 2.14. The minimum absolute atomic E-state index is 0.00997. The number of fused-ring (bicyclic) bond motifs is 2. The summed E-state index contributed by atoms with van der Waals surface area (Å²) < 4.78 is 11.2. The maximum absolute atomic E-state index is 12.5. The SMILES string of the molecule is CCC(COC(=O)C[S+]1CCCC2C=CC=C21)OC(=O)C[S+]1CCCC2C=CC=C21. The number of carbonyl (C=O) groups is 2. The zero-order valence-electron chi connectivity index (χ0n) is 17.7. The van der Waals surface area contributed by atoms with Gasteiger partial charge in [0.1, 0.15) is 34.0 Å². The largest absolute Gasteiger partial charge is 0.458 e. The van der Waals surface area contributed by atoms with Crippen LogP contribution in [0.25, 0.3) is 0 Å². The Balaban J connectivity index is 1.20. The Labute approximate surface area is 185 Å². The molecule has 0 saturated carbocycles. The van der Waals surface area contributed by atoms with E-state index in [-0.39, 0.29) is 46.4 Å². The molecule has 0 aromatic rings. The minimum atomic E-state index is -0.351. The number of hydrogen-bond donors (Lipinski definition) is 0. The van der Waals surface area contributed by atoms with Gasteiger partial charge in [0.15, 0.2) is 0 Å². The van der Waals surface area contributed by atoms with Gasteiger partial charge >= 0.3 is 11.9 Å². The Morgan fingerprint density at radius 3 is 2.10 bits per heavy atom. The molecule has 6 heteroatoms. The number of ether oxygens (including phenoxy) is 2. The van der Waals surface area contributed by atoms with E-state index in [1.807, 2.05) is 6.92 Å². The highest BCUT2D eigenvalue weighted by Crippen LogP contribution is 2.36. The number of hydrogen-bond acceptors (Lipinski definition) is 4. The van der Waals surface area contributed by atoms with Crippen LogP contribution in [-0.4, -0.2) is 47.7 Å². The second-order valence-corrected chi connectivity index (χ2v) is 12.6. The predicted molar refractivity (Wildman–Crippen MR) is 125 cm³/mol. The average molecular weight is 449 g/mol. The van der Waals surface area contributed by atoms with Crippen molar-refractivity contribution in [1.29, 1.82) is 0 Å². The lowest BCUT2D eigenvalue weighted by molar-refractivity contribution is -0.155. The highest BCUT2D eigenvalue weighted by molar-refractivity contribution is 8.01. The summed E-state index contributed by atoms with van der Waals surface area (Å²) >= 11 is 0. The summed E-state index contributed by atoms with van der Waals surface area (Å²) in [5.41, 5.74) is 0. The van der Waals surface area contributed by atoms with Gasteiger partial charge in [-0.05, 0) is 44.3 Å². The fourth-order valence-electron chi connectivity index (χ4n) is 4.57. The first-order valence-corrected chi connectivity index (χ1v) is 14.2. The van der Waals surface area contributed by atoms with Crippen LogP contribution in [0.3, 0.4) is 0 Å². The van der Waals surface area contributed by atoms with Crippen molar-refractivity contribution in [2.75, 3.05) is 29.6 Å². The molecule has 0 aromatic carbocycles. The Bertz CT molecular complexity index is 782. The van der Waals surface area contributed by atoms with Gasteiger partial charge in [0.2, 0.25) is 11.5 Å². The first-order chi connectivity index (χ1) is 14.6. The van der Waals surface area contributed by atoms with E-state index >= 15 is 0 Å². The fraction of sp³-hybridized carbons (Fsp3) is 0.583. The van der Waals surface area contributed by atoms with Crippen molar-refractivity contribution in [2.45, 2.75) is 45.1 Å². The van der Waals surface area contributed by atoms with Crippen molar-refractivity contribution in [3.05, 3.63) is 46.3 Å². The molecule has 30 heavy (non-hydrogen) atoms. The number of rotatable bonds is 8. The Morgan fingerprint density at radius 1 is 0.967 bits per heavy atom. The number of allylic oxidation sites excluding steroid dienone is 8. The van der Waals surface area contributed by atoms with Crippen molar-refractivity contribution in [2.24, 2.45) is 11.8 Å². The smallest absolute Gasteiger partial charge is 0.357 e. The van der Waals surface area contributed by atoms with Crippen molar-refractivity contribution < 1.29 is 19.1 Å². The maximum Gasteiger partial charge on any atom is 0.357 e. The van der Waals surface area contributed by atoms with Crippen LogP contribution in [0.1, 0.15) is 39.0 Å². The van der Waals surface area contributed by atoms with E-state index in [0.717, 1.165) is 11.5 Å². The van der Waals surface area contributed by atoms with Crippen LogP contribution >= 0.6 is 0 Å². The van der Waals surface area contributed by atoms with E-state index in [1.54, 1.807) is 0 Å². The normalized spacial score (nSPS) is 30.2. The molecule has 2 saturated heterocycles. The van der Waals surface area contributed by atoms with Gasteiger partial charge in [-0.25, -0.2) is 9.59 Å². The van der Waals surface area contributed by atoms with Crippen LogP contribution in [0.4, 0.5) is 0 Å². The van der Waals surface area contributed by atoms with E-state index in [2.05, 4.69) is 36.5 Å². The van der Waals surface area contributed by atoms with Crippen LogP contribution in [0, 0.1) is 11.8 Å². The Kier molecular flexibility index (Phi) is 7.47. The highest BCUT2D eigenvalue weighted by atomic mass is 32.2. The van der Waals surface area contributed by atoms with E-state index in [0.29, 0.717) is 29.8 Å². The third-order valence-electron chi connectivity index (χ3n) is 6.18. The van der Waals surface area contributed by atoms with Crippen molar-refractivity contribution in [3.63, 3.8) is 0 Å². The highest BCUT2D eigenvalue weighted by Gasteiger charge is 2.39. The topological polar surface area (TPSA) is 52.6 Å². The maximum atomic E-state index is 12.5. The lowest BCUT2D eigenvalue weighted by Gasteiger charge is -2.22. The molecule has 2 aliphatic heterocycles. The average Bonchev–Trinajstić information content (AvgIpc) is 3.41. The minimum Gasteiger partial charge on any atom is -0.458 e. The molecule has 0 amide bonds. The standard InChI is InChI=1S/C24H32O4S2/c1-2-20(28-24(26)17-30-14-6-10-19-8-4-12-22(19)30)15-27-23(25)16-29-13-5-9-18-7-3-11-21(18)29/h3-4,7-8,11-12,18-20H,2,5-6,9-10,13-17H2,1H3/q+2. The third-order valence-corrected chi connectivity index (χ3v) is 11.1. The van der Waals surface area contributed by atoms with Gasteiger partial charge < -0.3 is 9.47 Å². The Hall–Kier alpha value is -1.40. The molecular formula is C24H32O4S2+2. The molecule has 0 radical (unpaired) electrons. The quantitative estimate of drug-likeness (QED) is 0.418. The zero-order valence-corrected chi connectivity index (χ0v) is 19.3. The van der Waals surface area contributed by atoms with Crippen LogP contribution in [0.2, 0.25) is 0 Å². The van der Waals surface area contributed by atoms with Gasteiger partial charge in [-0.3, -0.25) is 0 Å². The van der Waals surface area contributed by atoms with Gasteiger partial charge in [-0.1, -0.05) is 31.2 Å². The first kappa shape index (κ1) is 21.8. The van der Waals surface area contributed by atoms with Crippen LogP contribution < -0.4 is 0 Å². The molecule has 0 aromatic heterocycles. The third kappa shape index (κ3) is 5.25. The molecule has 0 bridgehead atoms. The first-order valence-electron chi connectivity index (χ1n) is 11.1. The zero-order chi connectivity index (χ0) is 20.9. The molecule has 4 nitrogen and oxygen atoms in total. The lowest BCUT2D eigenvalue weighted by Crippen LogP contribution is -2.33. The Morgan fingerprint density at radius 2 is 1.53 bits per heavy atom. The molecule has 2 fully saturated rings. The van der Waals surface area contributed by atoms with E-state index in [1.165, 1.54) is 35.5 Å². The molecule has 4 aliphatic rings. The number of carbonyl (C=O) groups excluding carboxylic acids is 2. The predicted octanol–water partition coefficient (Wildman–Crippen LogP) is 3.82. The molecule has 162 valence electrons. The fourth-order valence-corrected chi connectivity index (χ4v) is 9.21. The van der Waals surface area contributed by atoms with E-state index in [4.69, 9.17) is 9.47 Å². The summed E-state index contributed by atoms with van der Waals surface area (Å²) in [7, 11) is -0.0237. The summed E-state index contributed by atoms with van der Waals surface area (Å²) in [6, 6.07) is 0. The molecular weight excluding hydrogens is 416 g/mol. The van der Waals surface area contributed by atoms with Crippen LogP contribution in [0.5, 0.6) is 0 Å². The van der Waals surface area contributed by atoms with Gasteiger partial charge in [-0.2, -0.15) is 0 Å². The molecule has 2 aliphatic carbocycles. The molecule has 0 spiro atoms. The lowest BCUT2D eigenvalue weighted by atomic mass is 10.1. The molecule has 0 N–H and O–H groups in total. The molecule has 4 rings (SSSR count). The molecule has 5 unspecified atom stereocenters. The summed E-state index contributed by atoms with van der Waals surface area (Å²) in [5.74, 6) is 3.82. The summed E-state index contributed by atoms with van der Waals surface area (Å²) in [4.78, 5) is 27.8. The number of esters is 2. The van der Waals surface area contributed by atoms with Gasteiger partial charge in [0.05, 0.1) is 0 Å². The monoisotopic (exact) mass is 448 g/mol. The summed E-state index contributed by atoms with van der Waals surface area (Å²) in [5, 5.41) is 0. The van der Waals surface area contributed by atoms with Crippen LogP contribution in [-0.2, 0) is 40.9 Å². The molecule has 5 atom stereocenters. The van der Waals surface area contributed by atoms with E-state index in [9.17, 15) is 9.59 Å². The molecule has 2 heterocycles. The summed E-state index contributed by atoms with van der Waals surface area (Å²) in [6.07, 6.45) is 18.2. The van der Waals surface area contributed by atoms with Gasteiger partial charge in [-0.15, -0.1) is 0 Å². The second-order valence-electron chi connectivity index (χ2n) is 8.29. The van der Waals surface area contributed by atoms with Crippen molar-refractivity contribution in [1.82, 2.24) is 0 Å². The van der Waals surface area contributed by atoms with Crippen molar-refractivity contribution in [3.8, 4) is 0 Å². The van der Waals surface area contributed by atoms with Crippen LogP contribution in [0.15, 0.2) is 46.3 Å².